The van der Waals surface area contributed by atoms with Gasteiger partial charge in [0.2, 0.25) is 0 Å². The van der Waals surface area contributed by atoms with E-state index in [0.29, 0.717) is 6.42 Å². The first kappa shape index (κ1) is 25.7. The van der Waals surface area contributed by atoms with Gasteiger partial charge < -0.3 is 1.43 Å². The van der Waals surface area contributed by atoms with Crippen LogP contribution in [0.4, 0.5) is 0 Å². The number of rotatable bonds is 16. The Hall–Kier alpha value is 1.51. The molecule has 6 heteroatoms. The minimum absolute atomic E-state index is 0. The van der Waals surface area contributed by atoms with E-state index >= 15 is 0 Å². The van der Waals surface area contributed by atoms with Crippen molar-refractivity contribution in [1.29, 1.82) is 0 Å². The summed E-state index contributed by atoms with van der Waals surface area (Å²) in [6, 6.07) is 0. The maximum absolute atomic E-state index is 10.3. The molecule has 22 heavy (non-hydrogen) atoms. The van der Waals surface area contributed by atoms with Gasteiger partial charge in [0.25, 0.3) is 0 Å². The van der Waals surface area contributed by atoms with Crippen LogP contribution in [-0.2, 0) is 14.6 Å². The van der Waals surface area contributed by atoms with Gasteiger partial charge in [0.15, 0.2) is 0 Å². The van der Waals surface area contributed by atoms with Gasteiger partial charge in [0.1, 0.15) is 0 Å². The minimum atomic E-state index is -4.24. The Morgan fingerprint density at radius 2 is 1.05 bits per heavy atom. The van der Waals surface area contributed by atoms with Crippen molar-refractivity contribution in [2.75, 3.05) is 6.61 Å². The van der Waals surface area contributed by atoms with Crippen LogP contribution in [-0.4, -0.2) is 19.6 Å². The van der Waals surface area contributed by atoms with Gasteiger partial charge in [-0.15, -0.1) is 0 Å². The molecule has 0 fully saturated rings. The molecule has 1 N–H and O–H groups in total. The first-order chi connectivity index (χ1) is 10.1. The van der Waals surface area contributed by atoms with Crippen LogP contribution in [0, 0.1) is 0 Å². The van der Waals surface area contributed by atoms with Crippen molar-refractivity contribution < 1.29 is 70.0 Å². The van der Waals surface area contributed by atoms with Crippen LogP contribution < -0.4 is 51.4 Å². The Morgan fingerprint density at radius 3 is 1.36 bits per heavy atom. The van der Waals surface area contributed by atoms with Gasteiger partial charge in [-0.3, -0.25) is 4.55 Å². The number of hydrogen-bond donors (Lipinski definition) is 1. The molecule has 4 nitrogen and oxygen atoms in total. The van der Waals surface area contributed by atoms with Crippen molar-refractivity contribution in [2.45, 2.75) is 96.8 Å². The van der Waals surface area contributed by atoms with E-state index in [0.717, 1.165) is 12.8 Å². The Balaban J connectivity index is -0.00000200. The quantitative estimate of drug-likeness (QED) is 0.260. The smallest absolute Gasteiger partial charge is 1.00 e. The zero-order chi connectivity index (χ0) is 15.8. The minimum Gasteiger partial charge on any atom is -1.00 e. The molecule has 0 aliphatic rings. The Kier molecular flexibility index (Phi) is 22.0. The summed E-state index contributed by atoms with van der Waals surface area (Å²) in [6.07, 6.45) is 17.6. The fourth-order valence-electron chi connectivity index (χ4n) is 2.46. The van der Waals surface area contributed by atoms with E-state index in [2.05, 4.69) is 11.1 Å². The van der Waals surface area contributed by atoms with Crippen molar-refractivity contribution in [1.82, 2.24) is 0 Å². The van der Waals surface area contributed by atoms with Crippen molar-refractivity contribution in [3.05, 3.63) is 0 Å². The number of unbranched alkanes of at least 4 members (excludes halogenated alkanes) is 13. The summed E-state index contributed by atoms with van der Waals surface area (Å²) in [7, 11) is -4.24. The summed E-state index contributed by atoms with van der Waals surface area (Å²) in [6.45, 7) is 2.35. The van der Waals surface area contributed by atoms with Gasteiger partial charge in [-0.2, -0.15) is 8.42 Å². The zero-order valence-corrected chi connectivity index (χ0v) is 18.6. The second kappa shape index (κ2) is 18.8. The fourth-order valence-corrected chi connectivity index (χ4v) is 2.79. The largest absolute Gasteiger partial charge is 1.00 e. The Bertz CT molecular complexity index is 313. The third kappa shape index (κ3) is 23.8. The molecule has 130 valence electrons. The SMILES string of the molecule is CCCCCCCCCCCCCCCCOS(=O)(=O)O.[H-].[K+]. The van der Waals surface area contributed by atoms with Gasteiger partial charge in [0, 0.05) is 0 Å². The Labute approximate surface area is 182 Å². The van der Waals surface area contributed by atoms with Crippen LogP contribution in [0.1, 0.15) is 98.2 Å². The van der Waals surface area contributed by atoms with Crippen LogP contribution >= 0.6 is 0 Å². The third-order valence-electron chi connectivity index (χ3n) is 3.73. The van der Waals surface area contributed by atoms with E-state index in [-0.39, 0.29) is 59.4 Å². The van der Waals surface area contributed by atoms with Crippen LogP contribution in [0.25, 0.3) is 0 Å². The van der Waals surface area contributed by atoms with Crippen molar-refractivity contribution >= 4 is 10.4 Å². The molecule has 0 aromatic rings. The van der Waals surface area contributed by atoms with Crippen molar-refractivity contribution in [3.63, 3.8) is 0 Å². The summed E-state index contributed by atoms with van der Waals surface area (Å²) >= 11 is 0. The summed E-state index contributed by atoms with van der Waals surface area (Å²) in [5.74, 6) is 0. The fraction of sp³-hybridized carbons (Fsp3) is 1.00. The van der Waals surface area contributed by atoms with Crippen molar-refractivity contribution in [2.24, 2.45) is 0 Å². The summed E-state index contributed by atoms with van der Waals surface area (Å²) in [5, 5.41) is 0. The van der Waals surface area contributed by atoms with Crippen LogP contribution in [0.15, 0.2) is 0 Å². The molecule has 0 aliphatic carbocycles. The zero-order valence-electron chi connectivity index (χ0n) is 15.7. The van der Waals surface area contributed by atoms with Gasteiger partial charge in [0.05, 0.1) is 6.61 Å². The van der Waals surface area contributed by atoms with Crippen LogP contribution in [0.5, 0.6) is 0 Å². The van der Waals surface area contributed by atoms with Gasteiger partial charge in [-0.1, -0.05) is 90.4 Å². The molecule has 0 amide bonds. The molecule has 0 saturated carbocycles. The molecule has 0 radical (unpaired) electrons. The van der Waals surface area contributed by atoms with Gasteiger partial charge >= 0.3 is 61.8 Å². The summed E-state index contributed by atoms with van der Waals surface area (Å²) < 4.78 is 33.2. The molecule has 0 bridgehead atoms. The first-order valence-corrected chi connectivity index (χ1v) is 10.0. The molecule has 0 heterocycles. The van der Waals surface area contributed by atoms with Crippen molar-refractivity contribution in [3.8, 4) is 0 Å². The molecular formula is C16H35KO4S. The monoisotopic (exact) mass is 362 g/mol. The number of hydrogen-bond acceptors (Lipinski definition) is 3. The molecule has 0 saturated heterocycles. The molecule has 0 spiro atoms. The average Bonchev–Trinajstić information content (AvgIpc) is 2.42. The van der Waals surface area contributed by atoms with E-state index in [1.165, 1.54) is 70.6 Å². The van der Waals surface area contributed by atoms with E-state index in [1.54, 1.807) is 0 Å². The molecule has 0 atom stereocenters. The standard InChI is InChI=1S/C16H34O4S.K.H/c1-2-3-4-5-6-7-8-9-10-11-12-13-14-15-16-20-21(17,18)19;;/h2-16H2,1H3,(H,17,18,19);;/q;+1;-1. The maximum atomic E-state index is 10.3. The molecule has 0 rings (SSSR count). The summed E-state index contributed by atoms with van der Waals surface area (Å²) in [4.78, 5) is 0. The second-order valence-electron chi connectivity index (χ2n) is 5.85. The van der Waals surface area contributed by atoms with Gasteiger partial charge in [-0.25, -0.2) is 4.18 Å². The first-order valence-electron chi connectivity index (χ1n) is 8.68. The maximum Gasteiger partial charge on any atom is 1.00 e. The Morgan fingerprint density at radius 1 is 0.727 bits per heavy atom. The summed E-state index contributed by atoms with van der Waals surface area (Å²) in [5.41, 5.74) is 0. The molecule has 0 aromatic heterocycles. The van der Waals surface area contributed by atoms with E-state index < -0.39 is 10.4 Å². The molecule has 0 unspecified atom stereocenters. The molecular weight excluding hydrogens is 327 g/mol. The predicted octanol–water partition coefficient (Wildman–Crippen LogP) is 2.40. The predicted molar refractivity (Wildman–Crippen MR) is 88.9 cm³/mol. The van der Waals surface area contributed by atoms with Gasteiger partial charge in [-0.05, 0) is 6.42 Å². The van der Waals surface area contributed by atoms with E-state index in [4.69, 9.17) is 4.55 Å². The average molecular weight is 363 g/mol. The van der Waals surface area contributed by atoms with Crippen LogP contribution in [0.3, 0.4) is 0 Å². The third-order valence-corrected chi connectivity index (χ3v) is 4.19. The molecule has 0 aliphatic heterocycles. The molecule has 0 aromatic carbocycles. The second-order valence-corrected chi connectivity index (χ2v) is 6.94. The van der Waals surface area contributed by atoms with Crippen LogP contribution in [0.2, 0.25) is 0 Å². The van der Waals surface area contributed by atoms with E-state index in [1.807, 2.05) is 0 Å². The topological polar surface area (TPSA) is 63.6 Å². The van der Waals surface area contributed by atoms with E-state index in [9.17, 15) is 8.42 Å². The normalized spacial score (nSPS) is 11.4.